The Balaban J connectivity index is 1.90. The highest BCUT2D eigenvalue weighted by molar-refractivity contribution is 6.28. The predicted octanol–water partition coefficient (Wildman–Crippen LogP) is 2.40. The molecule has 0 aromatic carbocycles. The van der Waals surface area contributed by atoms with Crippen LogP contribution in [0, 0.1) is 6.92 Å². The van der Waals surface area contributed by atoms with Gasteiger partial charge in [0.05, 0.1) is 30.6 Å². The third-order valence-electron chi connectivity index (χ3n) is 4.23. The van der Waals surface area contributed by atoms with E-state index in [0.29, 0.717) is 18.9 Å². The highest BCUT2D eigenvalue weighted by Crippen LogP contribution is 2.28. The van der Waals surface area contributed by atoms with Crippen molar-refractivity contribution in [3.05, 3.63) is 35.6 Å². The number of aromatic nitrogens is 5. The fourth-order valence-electron chi connectivity index (χ4n) is 3.01. The molecule has 0 amide bonds. The number of imidazole rings is 1. The minimum atomic E-state index is 0.207. The van der Waals surface area contributed by atoms with Crippen molar-refractivity contribution in [3.8, 4) is 5.69 Å². The first-order valence-corrected chi connectivity index (χ1v) is 8.20. The lowest BCUT2D eigenvalue weighted by molar-refractivity contribution is 0.0986. The number of ether oxygens (including phenoxy) is 1. The first kappa shape index (κ1) is 15.3. The SMILES string of the molecule is Cc1ncccc1-n1cnc2c(N3CCOCC3C)nc(Cl)nc21. The summed E-state index contributed by atoms with van der Waals surface area (Å²) in [6.07, 6.45) is 3.51. The van der Waals surface area contributed by atoms with Crippen LogP contribution >= 0.6 is 11.6 Å². The van der Waals surface area contributed by atoms with Crippen LogP contribution in [0.1, 0.15) is 12.6 Å². The quantitative estimate of drug-likeness (QED) is 0.665. The molecule has 24 heavy (non-hydrogen) atoms. The molecule has 4 heterocycles. The van der Waals surface area contributed by atoms with Gasteiger partial charge in [0.25, 0.3) is 0 Å². The number of nitrogens with zero attached hydrogens (tertiary/aromatic N) is 6. The van der Waals surface area contributed by atoms with Crippen LogP contribution in [-0.2, 0) is 4.74 Å². The van der Waals surface area contributed by atoms with E-state index in [0.717, 1.165) is 29.3 Å². The Morgan fingerprint density at radius 2 is 2.17 bits per heavy atom. The van der Waals surface area contributed by atoms with E-state index < -0.39 is 0 Å². The first-order valence-electron chi connectivity index (χ1n) is 7.82. The number of pyridine rings is 1. The van der Waals surface area contributed by atoms with Crippen molar-refractivity contribution in [2.24, 2.45) is 0 Å². The highest BCUT2D eigenvalue weighted by atomic mass is 35.5. The van der Waals surface area contributed by atoms with Gasteiger partial charge in [-0.3, -0.25) is 9.55 Å². The van der Waals surface area contributed by atoms with E-state index in [1.807, 2.05) is 23.6 Å². The van der Waals surface area contributed by atoms with E-state index in [2.05, 4.69) is 31.8 Å². The number of hydrogen-bond acceptors (Lipinski definition) is 6. The number of fused-ring (bicyclic) bond motifs is 1. The van der Waals surface area contributed by atoms with Crippen LogP contribution < -0.4 is 4.90 Å². The van der Waals surface area contributed by atoms with Gasteiger partial charge in [-0.15, -0.1) is 0 Å². The van der Waals surface area contributed by atoms with E-state index in [1.165, 1.54) is 0 Å². The van der Waals surface area contributed by atoms with Crippen molar-refractivity contribution in [2.45, 2.75) is 19.9 Å². The van der Waals surface area contributed by atoms with E-state index in [9.17, 15) is 0 Å². The average Bonchev–Trinajstić information content (AvgIpc) is 2.99. The molecule has 8 heteroatoms. The molecule has 124 valence electrons. The second-order valence-corrected chi connectivity index (χ2v) is 6.17. The van der Waals surface area contributed by atoms with E-state index in [4.69, 9.17) is 16.3 Å². The summed E-state index contributed by atoms with van der Waals surface area (Å²) in [4.78, 5) is 19.9. The summed E-state index contributed by atoms with van der Waals surface area (Å²) < 4.78 is 7.42. The van der Waals surface area contributed by atoms with Crippen LogP contribution in [0.15, 0.2) is 24.7 Å². The molecule has 4 rings (SSSR count). The Labute approximate surface area is 144 Å². The Morgan fingerprint density at radius 3 is 2.96 bits per heavy atom. The Hall–Kier alpha value is -2.25. The van der Waals surface area contributed by atoms with Crippen LogP contribution in [0.25, 0.3) is 16.9 Å². The molecule has 1 saturated heterocycles. The Bertz CT molecular complexity index is 895. The number of hydrogen-bond donors (Lipinski definition) is 0. The molecule has 7 nitrogen and oxygen atoms in total. The van der Waals surface area contributed by atoms with Crippen molar-refractivity contribution in [1.82, 2.24) is 24.5 Å². The smallest absolute Gasteiger partial charge is 0.226 e. The molecule has 0 spiro atoms. The molecule has 3 aromatic rings. The van der Waals surface area contributed by atoms with Crippen LogP contribution in [0.3, 0.4) is 0 Å². The minimum Gasteiger partial charge on any atom is -0.377 e. The lowest BCUT2D eigenvalue weighted by Gasteiger charge is -2.34. The molecule has 1 aliphatic rings. The van der Waals surface area contributed by atoms with Gasteiger partial charge in [-0.2, -0.15) is 9.97 Å². The van der Waals surface area contributed by atoms with Crippen molar-refractivity contribution >= 4 is 28.6 Å². The zero-order chi connectivity index (χ0) is 16.7. The monoisotopic (exact) mass is 344 g/mol. The summed E-state index contributed by atoms with van der Waals surface area (Å²) in [5, 5.41) is 0.208. The maximum Gasteiger partial charge on any atom is 0.226 e. The molecule has 1 aliphatic heterocycles. The summed E-state index contributed by atoms with van der Waals surface area (Å²) in [7, 11) is 0. The largest absolute Gasteiger partial charge is 0.377 e. The van der Waals surface area contributed by atoms with Gasteiger partial charge < -0.3 is 9.64 Å². The average molecular weight is 345 g/mol. The van der Waals surface area contributed by atoms with Crippen LogP contribution in [0.4, 0.5) is 5.82 Å². The number of halogens is 1. The van der Waals surface area contributed by atoms with E-state index in [-0.39, 0.29) is 11.3 Å². The molecule has 0 aliphatic carbocycles. The molecule has 0 saturated carbocycles. The maximum absolute atomic E-state index is 6.21. The van der Waals surface area contributed by atoms with Crippen LogP contribution in [-0.4, -0.2) is 50.3 Å². The lowest BCUT2D eigenvalue weighted by atomic mass is 10.2. The molecule has 1 atom stereocenters. The van der Waals surface area contributed by atoms with Crippen molar-refractivity contribution < 1.29 is 4.74 Å². The van der Waals surface area contributed by atoms with Gasteiger partial charge in [-0.05, 0) is 37.6 Å². The van der Waals surface area contributed by atoms with Gasteiger partial charge in [0.2, 0.25) is 5.28 Å². The van der Waals surface area contributed by atoms with Crippen molar-refractivity contribution in [3.63, 3.8) is 0 Å². The molecular weight excluding hydrogens is 328 g/mol. The lowest BCUT2D eigenvalue weighted by Crippen LogP contribution is -2.44. The van der Waals surface area contributed by atoms with Gasteiger partial charge in [0.15, 0.2) is 17.0 Å². The molecule has 0 N–H and O–H groups in total. The summed E-state index contributed by atoms with van der Waals surface area (Å²) in [5.74, 6) is 0.751. The van der Waals surface area contributed by atoms with Crippen molar-refractivity contribution in [1.29, 1.82) is 0 Å². The highest BCUT2D eigenvalue weighted by Gasteiger charge is 2.25. The van der Waals surface area contributed by atoms with E-state index >= 15 is 0 Å². The number of rotatable bonds is 2. The molecule has 1 unspecified atom stereocenters. The normalized spacial score (nSPS) is 18.3. The zero-order valence-corrected chi connectivity index (χ0v) is 14.2. The summed E-state index contributed by atoms with van der Waals surface area (Å²) in [5.41, 5.74) is 3.24. The number of anilines is 1. The van der Waals surface area contributed by atoms with Gasteiger partial charge in [-0.25, -0.2) is 4.98 Å². The summed E-state index contributed by atoms with van der Waals surface area (Å²) in [6.45, 7) is 6.13. The fraction of sp³-hybridized carbons (Fsp3) is 0.375. The summed E-state index contributed by atoms with van der Waals surface area (Å²) >= 11 is 6.21. The predicted molar refractivity (Wildman–Crippen MR) is 91.8 cm³/mol. The van der Waals surface area contributed by atoms with Gasteiger partial charge in [-0.1, -0.05) is 0 Å². The van der Waals surface area contributed by atoms with Gasteiger partial charge >= 0.3 is 0 Å². The van der Waals surface area contributed by atoms with Crippen LogP contribution in [0.2, 0.25) is 5.28 Å². The third-order valence-corrected chi connectivity index (χ3v) is 4.40. The van der Waals surface area contributed by atoms with Gasteiger partial charge in [0, 0.05) is 12.7 Å². The number of aryl methyl sites for hydroxylation is 1. The Morgan fingerprint density at radius 1 is 1.29 bits per heavy atom. The Kier molecular flexibility index (Phi) is 3.82. The molecule has 1 fully saturated rings. The van der Waals surface area contributed by atoms with Gasteiger partial charge in [0.1, 0.15) is 6.33 Å². The second kappa shape index (κ2) is 5.99. The fourth-order valence-corrected chi connectivity index (χ4v) is 3.17. The molecule has 0 bridgehead atoms. The second-order valence-electron chi connectivity index (χ2n) is 5.83. The van der Waals surface area contributed by atoms with E-state index in [1.54, 1.807) is 12.5 Å². The topological polar surface area (TPSA) is 69.0 Å². The molecule has 3 aromatic heterocycles. The summed E-state index contributed by atoms with van der Waals surface area (Å²) in [6, 6.07) is 4.08. The first-order chi connectivity index (χ1) is 11.6. The standard InChI is InChI=1S/C16H17ClN6O/c1-10-8-24-7-6-22(10)14-13-15(21-16(17)20-14)23(9-19-13)12-4-3-5-18-11(12)2/h3-5,9-10H,6-8H2,1-2H3. The van der Waals surface area contributed by atoms with Crippen LogP contribution in [0.5, 0.6) is 0 Å². The maximum atomic E-state index is 6.21. The molecular formula is C16H17ClN6O. The zero-order valence-electron chi connectivity index (χ0n) is 13.5. The number of morpholine rings is 1. The minimum absolute atomic E-state index is 0.207. The third kappa shape index (κ3) is 2.50. The molecule has 0 radical (unpaired) electrons. The van der Waals surface area contributed by atoms with Crippen molar-refractivity contribution in [2.75, 3.05) is 24.7 Å².